The van der Waals surface area contributed by atoms with Gasteiger partial charge in [-0.25, -0.2) is 0 Å². The van der Waals surface area contributed by atoms with Crippen LogP contribution in [0.15, 0.2) is 41.4 Å². The number of benzene rings is 2. The van der Waals surface area contributed by atoms with Crippen LogP contribution in [0.5, 0.6) is 0 Å². The zero-order valence-electron chi connectivity index (χ0n) is 13.3. The molecule has 0 radical (unpaired) electrons. The van der Waals surface area contributed by atoms with Gasteiger partial charge in [-0.05, 0) is 43.7 Å². The molecule has 2 aromatic carbocycles. The van der Waals surface area contributed by atoms with Gasteiger partial charge in [0, 0.05) is 10.6 Å². The summed E-state index contributed by atoms with van der Waals surface area (Å²) in [5.74, 6) is 2.34. The van der Waals surface area contributed by atoms with Crippen LogP contribution >= 0.6 is 22.9 Å². The minimum absolute atomic E-state index is 0.281. The van der Waals surface area contributed by atoms with Gasteiger partial charge in [0.2, 0.25) is 0 Å². The van der Waals surface area contributed by atoms with E-state index in [1.807, 2.05) is 42.7 Å². The molecule has 3 aromatic rings. The van der Waals surface area contributed by atoms with E-state index in [4.69, 9.17) is 18.0 Å². The van der Waals surface area contributed by atoms with Gasteiger partial charge in [-0.15, -0.1) is 6.42 Å². The molecule has 0 spiro atoms. The minimum atomic E-state index is -0.281. The van der Waals surface area contributed by atoms with Gasteiger partial charge in [-0.3, -0.25) is 4.79 Å². The Balaban J connectivity index is 2.20. The highest BCUT2D eigenvalue weighted by Crippen LogP contribution is 2.27. The van der Waals surface area contributed by atoms with Crippen molar-refractivity contribution in [3.63, 3.8) is 0 Å². The van der Waals surface area contributed by atoms with Crippen LogP contribution in [0, 0.1) is 26.2 Å². The predicted octanol–water partition coefficient (Wildman–Crippen LogP) is 4.35. The number of halogens is 1. The van der Waals surface area contributed by atoms with E-state index in [9.17, 15) is 4.79 Å². The van der Waals surface area contributed by atoms with Crippen LogP contribution < -0.4 is 4.80 Å². The van der Waals surface area contributed by atoms with E-state index in [0.717, 1.165) is 21.3 Å². The summed E-state index contributed by atoms with van der Waals surface area (Å²) in [6.45, 7) is 4.25. The largest absolute Gasteiger partial charge is 0.304 e. The quantitative estimate of drug-likeness (QED) is 0.630. The molecule has 1 amide bonds. The summed E-state index contributed by atoms with van der Waals surface area (Å²) in [4.78, 5) is 17.3. The second kappa shape index (κ2) is 6.64. The molecule has 5 heteroatoms. The van der Waals surface area contributed by atoms with Crippen LogP contribution in [-0.2, 0) is 6.54 Å². The average molecular weight is 355 g/mol. The second-order valence-electron chi connectivity index (χ2n) is 5.48. The Hall–Kier alpha value is -2.35. The van der Waals surface area contributed by atoms with Crippen LogP contribution in [0.2, 0.25) is 5.02 Å². The SMILES string of the molecule is C#CCn1c(=NC(=O)c2ccc(C)cc2)sc2ccc(Cl)c(C)c21. The van der Waals surface area contributed by atoms with Gasteiger partial charge >= 0.3 is 0 Å². The van der Waals surface area contributed by atoms with E-state index in [1.165, 1.54) is 11.3 Å². The highest BCUT2D eigenvalue weighted by atomic mass is 35.5. The molecule has 1 aromatic heterocycles. The fourth-order valence-corrected chi connectivity index (χ4v) is 3.73. The number of carbonyl (C=O) groups is 1. The number of thiazole rings is 1. The maximum absolute atomic E-state index is 12.5. The molecule has 120 valence electrons. The molecule has 0 saturated heterocycles. The maximum Gasteiger partial charge on any atom is 0.279 e. The van der Waals surface area contributed by atoms with E-state index in [0.29, 0.717) is 21.9 Å². The monoisotopic (exact) mass is 354 g/mol. The lowest BCUT2D eigenvalue weighted by atomic mass is 10.1. The highest BCUT2D eigenvalue weighted by Gasteiger charge is 2.12. The normalized spacial score (nSPS) is 11.7. The van der Waals surface area contributed by atoms with E-state index in [2.05, 4.69) is 10.9 Å². The lowest BCUT2D eigenvalue weighted by Gasteiger charge is -2.04. The third-order valence-corrected chi connectivity index (χ3v) is 5.23. The van der Waals surface area contributed by atoms with Gasteiger partial charge in [0.05, 0.1) is 16.8 Å². The second-order valence-corrected chi connectivity index (χ2v) is 6.89. The number of amides is 1. The Bertz CT molecular complexity index is 1040. The highest BCUT2D eigenvalue weighted by molar-refractivity contribution is 7.16. The Labute approximate surface area is 149 Å². The van der Waals surface area contributed by atoms with Gasteiger partial charge < -0.3 is 4.57 Å². The van der Waals surface area contributed by atoms with E-state index >= 15 is 0 Å². The van der Waals surface area contributed by atoms with Crippen LogP contribution in [0.25, 0.3) is 10.2 Å². The fourth-order valence-electron chi connectivity index (χ4n) is 2.49. The molecule has 0 N–H and O–H groups in total. The summed E-state index contributed by atoms with van der Waals surface area (Å²) in [5.41, 5.74) is 3.52. The van der Waals surface area contributed by atoms with Crippen molar-refractivity contribution in [2.45, 2.75) is 20.4 Å². The number of terminal acetylenes is 1. The zero-order chi connectivity index (χ0) is 17.3. The van der Waals surface area contributed by atoms with E-state index < -0.39 is 0 Å². The first-order valence-corrected chi connectivity index (χ1v) is 8.58. The van der Waals surface area contributed by atoms with Crippen LogP contribution in [0.3, 0.4) is 0 Å². The number of hydrogen-bond acceptors (Lipinski definition) is 2. The number of hydrogen-bond donors (Lipinski definition) is 0. The number of aromatic nitrogens is 1. The smallest absolute Gasteiger partial charge is 0.279 e. The Morgan fingerprint density at radius 3 is 2.62 bits per heavy atom. The molecule has 0 bridgehead atoms. The Kier molecular flexibility index (Phi) is 4.57. The number of rotatable bonds is 2. The summed E-state index contributed by atoms with van der Waals surface area (Å²) < 4.78 is 2.87. The average Bonchev–Trinajstić information content (AvgIpc) is 2.90. The summed E-state index contributed by atoms with van der Waals surface area (Å²) in [6, 6.07) is 11.1. The molecule has 0 aliphatic rings. The first kappa shape index (κ1) is 16.5. The topological polar surface area (TPSA) is 34.4 Å². The van der Waals surface area contributed by atoms with Gasteiger partial charge in [0.25, 0.3) is 5.91 Å². The molecule has 0 atom stereocenters. The minimum Gasteiger partial charge on any atom is -0.304 e. The molecule has 0 unspecified atom stereocenters. The molecular weight excluding hydrogens is 340 g/mol. The molecule has 0 saturated carbocycles. The predicted molar refractivity (Wildman–Crippen MR) is 99.5 cm³/mol. The maximum atomic E-state index is 12.5. The Morgan fingerprint density at radius 1 is 1.25 bits per heavy atom. The lowest BCUT2D eigenvalue weighted by molar-refractivity contribution is 0.0998. The van der Waals surface area contributed by atoms with Crippen molar-refractivity contribution in [1.82, 2.24) is 4.57 Å². The van der Waals surface area contributed by atoms with Crippen molar-refractivity contribution in [2.75, 3.05) is 0 Å². The van der Waals surface area contributed by atoms with Crippen LogP contribution in [-0.4, -0.2) is 10.5 Å². The van der Waals surface area contributed by atoms with Crippen molar-refractivity contribution >= 4 is 39.1 Å². The van der Waals surface area contributed by atoms with Crippen molar-refractivity contribution in [2.24, 2.45) is 4.99 Å². The van der Waals surface area contributed by atoms with Crippen molar-refractivity contribution < 1.29 is 4.79 Å². The van der Waals surface area contributed by atoms with E-state index in [1.54, 1.807) is 12.1 Å². The van der Waals surface area contributed by atoms with Crippen molar-refractivity contribution in [3.8, 4) is 12.3 Å². The van der Waals surface area contributed by atoms with Gasteiger partial charge in [-0.2, -0.15) is 4.99 Å². The number of fused-ring (bicyclic) bond motifs is 1. The number of aryl methyl sites for hydroxylation is 2. The molecular formula is C19H15ClN2OS. The fraction of sp³-hybridized carbons (Fsp3) is 0.158. The van der Waals surface area contributed by atoms with Gasteiger partial charge in [0.15, 0.2) is 4.80 Å². The third kappa shape index (κ3) is 3.01. The third-order valence-electron chi connectivity index (χ3n) is 3.78. The lowest BCUT2D eigenvalue weighted by Crippen LogP contribution is -2.17. The Morgan fingerprint density at radius 2 is 1.96 bits per heavy atom. The molecule has 24 heavy (non-hydrogen) atoms. The van der Waals surface area contributed by atoms with Crippen molar-refractivity contribution in [1.29, 1.82) is 0 Å². The molecule has 0 aliphatic carbocycles. The first-order valence-electron chi connectivity index (χ1n) is 7.39. The van der Waals surface area contributed by atoms with Crippen LogP contribution in [0.1, 0.15) is 21.5 Å². The number of carbonyl (C=O) groups excluding carboxylic acids is 1. The summed E-state index contributed by atoms with van der Waals surface area (Å²) in [6.07, 6.45) is 5.50. The standard InChI is InChI=1S/C19H15ClN2OS/c1-4-11-22-17-13(3)15(20)9-10-16(17)24-19(22)21-18(23)14-7-5-12(2)6-8-14/h1,5-10H,11H2,2-3H3. The number of nitrogens with zero attached hydrogens (tertiary/aromatic N) is 2. The molecule has 3 rings (SSSR count). The summed E-state index contributed by atoms with van der Waals surface area (Å²) in [7, 11) is 0. The summed E-state index contributed by atoms with van der Waals surface area (Å²) in [5, 5.41) is 0.669. The summed E-state index contributed by atoms with van der Waals surface area (Å²) >= 11 is 7.66. The van der Waals surface area contributed by atoms with Gasteiger partial charge in [0.1, 0.15) is 0 Å². The van der Waals surface area contributed by atoms with E-state index in [-0.39, 0.29) is 5.91 Å². The zero-order valence-corrected chi connectivity index (χ0v) is 14.9. The van der Waals surface area contributed by atoms with Crippen molar-refractivity contribution in [3.05, 3.63) is 62.9 Å². The van der Waals surface area contributed by atoms with Crippen LogP contribution in [0.4, 0.5) is 0 Å². The molecule has 0 fully saturated rings. The molecule has 3 nitrogen and oxygen atoms in total. The molecule has 1 heterocycles. The molecule has 0 aliphatic heterocycles. The van der Waals surface area contributed by atoms with Gasteiger partial charge in [-0.1, -0.05) is 46.6 Å². The first-order chi connectivity index (χ1) is 11.5.